The third-order valence-electron chi connectivity index (χ3n) is 5.04. The molecule has 128 valence electrons. The lowest BCUT2D eigenvalue weighted by molar-refractivity contribution is -0.140. The maximum Gasteiger partial charge on any atom is 0.336 e. The molecule has 2 atom stereocenters. The minimum absolute atomic E-state index is 0.0617. The molecule has 1 aliphatic carbocycles. The van der Waals surface area contributed by atoms with Gasteiger partial charge in [0.05, 0.1) is 18.4 Å². The first-order valence-corrected chi connectivity index (χ1v) is 8.56. The van der Waals surface area contributed by atoms with E-state index in [0.29, 0.717) is 34.4 Å². The molecule has 2 amide bonds. The Kier molecular flexibility index (Phi) is 3.76. The SMILES string of the molecule is Cc1cc2oc(=O)cc(CN3C(=O)[C@H]4CC=CC[C@@H]4C3=O)c2cc1Cl. The second kappa shape index (κ2) is 5.85. The van der Waals surface area contributed by atoms with E-state index in [-0.39, 0.29) is 30.2 Å². The zero-order valence-corrected chi connectivity index (χ0v) is 14.4. The van der Waals surface area contributed by atoms with Gasteiger partial charge in [-0.25, -0.2) is 4.79 Å². The fraction of sp³-hybridized carbons (Fsp3) is 0.316. The van der Waals surface area contributed by atoms with Crippen LogP contribution in [0, 0.1) is 18.8 Å². The summed E-state index contributed by atoms with van der Waals surface area (Å²) in [6.45, 7) is 1.88. The van der Waals surface area contributed by atoms with Crippen molar-refractivity contribution in [2.24, 2.45) is 11.8 Å². The number of carbonyl (C=O) groups is 2. The van der Waals surface area contributed by atoms with Gasteiger partial charge in [0, 0.05) is 16.5 Å². The highest BCUT2D eigenvalue weighted by molar-refractivity contribution is 6.32. The Labute approximate surface area is 148 Å². The third-order valence-corrected chi connectivity index (χ3v) is 5.44. The van der Waals surface area contributed by atoms with Gasteiger partial charge in [0.2, 0.25) is 11.8 Å². The fourth-order valence-electron chi connectivity index (χ4n) is 3.67. The lowest BCUT2D eigenvalue weighted by atomic mass is 9.85. The first kappa shape index (κ1) is 16.1. The number of hydrogen-bond acceptors (Lipinski definition) is 4. The molecule has 1 aromatic carbocycles. The van der Waals surface area contributed by atoms with Gasteiger partial charge in [-0.3, -0.25) is 14.5 Å². The predicted octanol–water partition coefficient (Wildman–Crippen LogP) is 3.21. The number of carbonyl (C=O) groups excluding carboxylic acids is 2. The van der Waals surface area contributed by atoms with E-state index in [2.05, 4.69) is 0 Å². The van der Waals surface area contributed by atoms with Gasteiger partial charge < -0.3 is 4.42 Å². The average molecular weight is 358 g/mol. The molecule has 25 heavy (non-hydrogen) atoms. The zero-order valence-electron chi connectivity index (χ0n) is 13.6. The third kappa shape index (κ3) is 2.59. The fourth-order valence-corrected chi connectivity index (χ4v) is 3.84. The molecule has 6 heteroatoms. The van der Waals surface area contributed by atoms with E-state index in [1.165, 1.54) is 11.0 Å². The van der Waals surface area contributed by atoms with Crippen LogP contribution in [0.1, 0.15) is 24.0 Å². The molecule has 2 aliphatic rings. The summed E-state index contributed by atoms with van der Waals surface area (Å²) in [7, 11) is 0. The van der Waals surface area contributed by atoms with Crippen LogP contribution in [0.25, 0.3) is 11.0 Å². The molecular formula is C19H16ClNO4. The highest BCUT2D eigenvalue weighted by Gasteiger charge is 2.47. The predicted molar refractivity (Wildman–Crippen MR) is 93.1 cm³/mol. The minimum Gasteiger partial charge on any atom is -0.423 e. The number of aryl methyl sites for hydroxylation is 1. The Bertz CT molecular complexity index is 965. The Morgan fingerprint density at radius 3 is 2.36 bits per heavy atom. The smallest absolute Gasteiger partial charge is 0.336 e. The zero-order chi connectivity index (χ0) is 17.7. The van der Waals surface area contributed by atoms with Crippen LogP contribution in [0.3, 0.4) is 0 Å². The van der Waals surface area contributed by atoms with E-state index in [0.717, 1.165) is 5.56 Å². The molecule has 0 radical (unpaired) electrons. The molecule has 1 aromatic heterocycles. The molecular weight excluding hydrogens is 342 g/mol. The lowest BCUT2D eigenvalue weighted by Crippen LogP contribution is -2.31. The van der Waals surface area contributed by atoms with Crippen LogP contribution in [-0.2, 0) is 16.1 Å². The molecule has 2 aromatic rings. The number of halogens is 1. The molecule has 1 saturated heterocycles. The number of rotatable bonds is 2. The Hall–Kier alpha value is -2.40. The van der Waals surface area contributed by atoms with Crippen molar-refractivity contribution in [2.45, 2.75) is 26.3 Å². The maximum atomic E-state index is 12.6. The van der Waals surface area contributed by atoms with Crippen LogP contribution < -0.4 is 5.63 Å². The summed E-state index contributed by atoms with van der Waals surface area (Å²) < 4.78 is 5.24. The van der Waals surface area contributed by atoms with E-state index in [9.17, 15) is 14.4 Å². The molecule has 1 fully saturated rings. The molecule has 5 nitrogen and oxygen atoms in total. The van der Waals surface area contributed by atoms with E-state index in [1.54, 1.807) is 12.1 Å². The van der Waals surface area contributed by atoms with Gasteiger partial charge in [0.25, 0.3) is 0 Å². The van der Waals surface area contributed by atoms with Gasteiger partial charge in [-0.2, -0.15) is 0 Å². The molecule has 0 spiro atoms. The molecule has 0 saturated carbocycles. The molecule has 4 rings (SSSR count). The normalized spacial score (nSPS) is 22.7. The van der Waals surface area contributed by atoms with Crippen LogP contribution in [0.15, 0.2) is 39.6 Å². The highest BCUT2D eigenvalue weighted by Crippen LogP contribution is 2.36. The Morgan fingerprint density at radius 2 is 1.72 bits per heavy atom. The van der Waals surface area contributed by atoms with Crippen molar-refractivity contribution in [3.05, 3.63) is 56.9 Å². The number of fused-ring (bicyclic) bond motifs is 2. The van der Waals surface area contributed by atoms with Gasteiger partial charge in [0.15, 0.2) is 0 Å². The topological polar surface area (TPSA) is 67.6 Å². The highest BCUT2D eigenvalue weighted by atomic mass is 35.5. The average Bonchev–Trinajstić information content (AvgIpc) is 2.82. The largest absolute Gasteiger partial charge is 0.423 e. The van der Waals surface area contributed by atoms with Crippen LogP contribution in [-0.4, -0.2) is 16.7 Å². The number of hydrogen-bond donors (Lipinski definition) is 0. The van der Waals surface area contributed by atoms with Crippen molar-refractivity contribution in [1.82, 2.24) is 4.90 Å². The van der Waals surface area contributed by atoms with Gasteiger partial charge in [0.1, 0.15) is 5.58 Å². The van der Waals surface area contributed by atoms with Crippen LogP contribution in [0.4, 0.5) is 0 Å². The first-order chi connectivity index (χ1) is 12.0. The molecule has 0 N–H and O–H groups in total. The maximum absolute atomic E-state index is 12.6. The summed E-state index contributed by atoms with van der Waals surface area (Å²) in [5, 5.41) is 1.18. The lowest BCUT2D eigenvalue weighted by Gasteiger charge is -2.16. The number of amides is 2. The number of nitrogens with zero attached hydrogens (tertiary/aromatic N) is 1. The molecule has 2 heterocycles. The first-order valence-electron chi connectivity index (χ1n) is 8.19. The number of benzene rings is 1. The van der Waals surface area contributed by atoms with Crippen LogP contribution in [0.2, 0.25) is 5.02 Å². The molecule has 1 aliphatic heterocycles. The number of imide groups is 1. The summed E-state index contributed by atoms with van der Waals surface area (Å²) >= 11 is 6.20. The number of allylic oxidation sites excluding steroid dienone is 2. The Balaban J connectivity index is 1.76. The minimum atomic E-state index is -0.512. The van der Waals surface area contributed by atoms with Gasteiger partial charge in [-0.05, 0) is 43.0 Å². The van der Waals surface area contributed by atoms with Crippen molar-refractivity contribution < 1.29 is 14.0 Å². The van der Waals surface area contributed by atoms with Crippen LogP contribution >= 0.6 is 11.6 Å². The van der Waals surface area contributed by atoms with Gasteiger partial charge in [-0.1, -0.05) is 23.8 Å². The Morgan fingerprint density at radius 1 is 1.08 bits per heavy atom. The summed E-state index contributed by atoms with van der Waals surface area (Å²) in [6, 6.07) is 4.73. The molecule has 0 unspecified atom stereocenters. The van der Waals surface area contributed by atoms with Crippen molar-refractivity contribution in [3.63, 3.8) is 0 Å². The summed E-state index contributed by atoms with van der Waals surface area (Å²) in [5.74, 6) is -0.901. The monoisotopic (exact) mass is 357 g/mol. The standard InChI is InChI=1S/C19H16ClNO4/c1-10-6-16-14(8-15(10)20)11(7-17(22)25-16)9-21-18(23)12-4-2-3-5-13(12)19(21)24/h2-3,6-8,12-13H,4-5,9H2,1H3/t12-,13-/m0/s1. The summed E-state index contributed by atoms with van der Waals surface area (Å²) in [4.78, 5) is 38.4. The van der Waals surface area contributed by atoms with Gasteiger partial charge >= 0.3 is 5.63 Å². The second-order valence-corrected chi connectivity index (χ2v) is 7.01. The van der Waals surface area contributed by atoms with E-state index in [4.69, 9.17) is 16.0 Å². The van der Waals surface area contributed by atoms with Gasteiger partial charge in [-0.15, -0.1) is 0 Å². The quantitative estimate of drug-likeness (QED) is 0.470. The summed E-state index contributed by atoms with van der Waals surface area (Å²) in [5.41, 5.74) is 1.26. The van der Waals surface area contributed by atoms with Crippen LogP contribution in [0.5, 0.6) is 0 Å². The van der Waals surface area contributed by atoms with E-state index < -0.39 is 5.63 Å². The van der Waals surface area contributed by atoms with Crippen molar-refractivity contribution in [1.29, 1.82) is 0 Å². The van der Waals surface area contributed by atoms with Crippen molar-refractivity contribution in [2.75, 3.05) is 0 Å². The van der Waals surface area contributed by atoms with Crippen molar-refractivity contribution in [3.8, 4) is 0 Å². The van der Waals surface area contributed by atoms with Crippen molar-refractivity contribution >= 4 is 34.4 Å². The van der Waals surface area contributed by atoms with E-state index >= 15 is 0 Å². The number of likely N-dealkylation sites (tertiary alicyclic amines) is 1. The second-order valence-electron chi connectivity index (χ2n) is 6.61. The summed E-state index contributed by atoms with van der Waals surface area (Å²) in [6.07, 6.45) is 5.08. The van der Waals surface area contributed by atoms with E-state index in [1.807, 2.05) is 19.1 Å². The molecule has 0 bridgehead atoms.